The molecule has 1 aromatic heterocycles. The Kier molecular flexibility index (Phi) is 5.50. The lowest BCUT2D eigenvalue weighted by Gasteiger charge is -2.32. The van der Waals surface area contributed by atoms with Gasteiger partial charge in [-0.05, 0) is 49.6 Å². The van der Waals surface area contributed by atoms with Gasteiger partial charge in [-0.25, -0.2) is 0 Å². The summed E-state index contributed by atoms with van der Waals surface area (Å²) in [5.74, 6) is 0.163. The van der Waals surface area contributed by atoms with Gasteiger partial charge in [0.15, 0.2) is 0 Å². The third-order valence-corrected chi connectivity index (χ3v) is 5.80. The fraction of sp³-hybridized carbons (Fsp3) is 0.706. The maximum atomic E-state index is 12.0. The third kappa shape index (κ3) is 4.09. The molecule has 5 heteroatoms. The van der Waals surface area contributed by atoms with Crippen LogP contribution in [-0.2, 0) is 22.5 Å². The molecule has 0 aromatic carbocycles. The van der Waals surface area contributed by atoms with Crippen molar-refractivity contribution in [2.45, 2.75) is 57.7 Å². The third-order valence-electron chi connectivity index (χ3n) is 4.77. The van der Waals surface area contributed by atoms with E-state index in [4.69, 9.17) is 4.74 Å². The quantitative estimate of drug-likeness (QED) is 0.875. The van der Waals surface area contributed by atoms with Crippen LogP contribution in [0.5, 0.6) is 0 Å². The summed E-state index contributed by atoms with van der Waals surface area (Å²) in [6.45, 7) is 5.93. The molecular formula is C17H26N2O2S. The van der Waals surface area contributed by atoms with Gasteiger partial charge in [0.25, 0.3) is 0 Å². The van der Waals surface area contributed by atoms with Crippen molar-refractivity contribution in [3.05, 3.63) is 21.9 Å². The highest BCUT2D eigenvalue weighted by molar-refractivity contribution is 7.10. The SMILES string of the molecule is C[C@@H](CNC(=O)CC[C@@H]1CCCO1)N1CCc2sccc2C1. The summed E-state index contributed by atoms with van der Waals surface area (Å²) in [7, 11) is 0. The molecule has 0 radical (unpaired) electrons. The zero-order valence-corrected chi connectivity index (χ0v) is 14.2. The fourth-order valence-corrected chi connectivity index (χ4v) is 4.18. The number of fused-ring (bicyclic) bond motifs is 1. The molecule has 3 heterocycles. The van der Waals surface area contributed by atoms with E-state index in [0.717, 1.165) is 51.9 Å². The van der Waals surface area contributed by atoms with Crippen LogP contribution >= 0.6 is 11.3 Å². The molecule has 0 saturated carbocycles. The Morgan fingerprint density at radius 2 is 2.50 bits per heavy atom. The van der Waals surface area contributed by atoms with E-state index in [1.807, 2.05) is 11.3 Å². The van der Waals surface area contributed by atoms with Crippen LogP contribution in [0.15, 0.2) is 11.4 Å². The summed E-state index contributed by atoms with van der Waals surface area (Å²) in [6, 6.07) is 2.62. The van der Waals surface area contributed by atoms with Gasteiger partial charge in [0, 0.05) is 43.6 Å². The first-order chi connectivity index (χ1) is 10.7. The monoisotopic (exact) mass is 322 g/mol. The van der Waals surface area contributed by atoms with Gasteiger partial charge in [0.1, 0.15) is 0 Å². The van der Waals surface area contributed by atoms with E-state index >= 15 is 0 Å². The average molecular weight is 322 g/mol. The van der Waals surface area contributed by atoms with E-state index in [0.29, 0.717) is 18.6 Å². The van der Waals surface area contributed by atoms with E-state index in [9.17, 15) is 4.79 Å². The molecule has 2 aliphatic heterocycles. The van der Waals surface area contributed by atoms with Crippen LogP contribution in [-0.4, -0.2) is 42.6 Å². The number of hydrogen-bond acceptors (Lipinski definition) is 4. The zero-order chi connectivity index (χ0) is 15.4. The molecule has 1 saturated heterocycles. The minimum absolute atomic E-state index is 0.163. The predicted molar refractivity (Wildman–Crippen MR) is 89.1 cm³/mol. The van der Waals surface area contributed by atoms with Crippen LogP contribution in [0.1, 0.15) is 43.0 Å². The Morgan fingerprint density at radius 3 is 3.32 bits per heavy atom. The molecule has 1 N–H and O–H groups in total. The number of rotatable bonds is 6. The van der Waals surface area contributed by atoms with Crippen molar-refractivity contribution in [3.63, 3.8) is 0 Å². The second kappa shape index (κ2) is 7.57. The van der Waals surface area contributed by atoms with Crippen LogP contribution in [0.4, 0.5) is 0 Å². The molecule has 2 atom stereocenters. The van der Waals surface area contributed by atoms with Crippen LogP contribution in [0.2, 0.25) is 0 Å². The molecule has 2 aliphatic rings. The van der Waals surface area contributed by atoms with E-state index in [1.165, 1.54) is 10.4 Å². The first kappa shape index (κ1) is 16.0. The van der Waals surface area contributed by atoms with Crippen LogP contribution in [0.3, 0.4) is 0 Å². The second-order valence-electron chi connectivity index (χ2n) is 6.42. The lowest BCUT2D eigenvalue weighted by Crippen LogP contribution is -2.44. The molecular weight excluding hydrogens is 296 g/mol. The highest BCUT2D eigenvalue weighted by atomic mass is 32.1. The average Bonchev–Trinajstić information content (AvgIpc) is 3.20. The highest BCUT2D eigenvalue weighted by Gasteiger charge is 2.22. The molecule has 0 spiro atoms. The Bertz CT molecular complexity index is 497. The maximum Gasteiger partial charge on any atom is 0.220 e. The smallest absolute Gasteiger partial charge is 0.220 e. The van der Waals surface area contributed by atoms with Crippen molar-refractivity contribution in [3.8, 4) is 0 Å². The highest BCUT2D eigenvalue weighted by Crippen LogP contribution is 2.25. The largest absolute Gasteiger partial charge is 0.378 e. The maximum absolute atomic E-state index is 12.0. The number of amides is 1. The summed E-state index contributed by atoms with van der Waals surface area (Å²) in [4.78, 5) is 16.0. The summed E-state index contributed by atoms with van der Waals surface area (Å²) in [6.07, 6.45) is 5.16. The van der Waals surface area contributed by atoms with Gasteiger partial charge in [-0.3, -0.25) is 9.69 Å². The molecule has 0 aliphatic carbocycles. The second-order valence-corrected chi connectivity index (χ2v) is 7.42. The number of carbonyl (C=O) groups is 1. The van der Waals surface area contributed by atoms with E-state index < -0.39 is 0 Å². The number of carbonyl (C=O) groups excluding carboxylic acids is 1. The summed E-state index contributed by atoms with van der Waals surface area (Å²) < 4.78 is 5.56. The molecule has 22 heavy (non-hydrogen) atoms. The van der Waals surface area contributed by atoms with E-state index in [-0.39, 0.29) is 5.91 Å². The number of thiophene rings is 1. The van der Waals surface area contributed by atoms with Crippen molar-refractivity contribution in [2.24, 2.45) is 0 Å². The number of nitrogens with one attached hydrogen (secondary N) is 1. The summed E-state index contributed by atoms with van der Waals surface area (Å²) in [5.41, 5.74) is 1.47. The summed E-state index contributed by atoms with van der Waals surface area (Å²) >= 11 is 1.87. The van der Waals surface area contributed by atoms with Gasteiger partial charge in [-0.15, -0.1) is 11.3 Å². The molecule has 3 rings (SSSR count). The van der Waals surface area contributed by atoms with Gasteiger partial charge >= 0.3 is 0 Å². The van der Waals surface area contributed by atoms with Crippen molar-refractivity contribution in [1.29, 1.82) is 0 Å². The fourth-order valence-electron chi connectivity index (χ4n) is 3.29. The number of hydrogen-bond donors (Lipinski definition) is 1. The molecule has 0 bridgehead atoms. The van der Waals surface area contributed by atoms with Gasteiger partial charge in [-0.2, -0.15) is 0 Å². The molecule has 4 nitrogen and oxygen atoms in total. The molecule has 1 fully saturated rings. The minimum atomic E-state index is 0.163. The van der Waals surface area contributed by atoms with Crippen molar-refractivity contribution >= 4 is 17.2 Å². The summed E-state index contributed by atoms with van der Waals surface area (Å²) in [5, 5.41) is 5.27. The molecule has 122 valence electrons. The first-order valence-corrected chi connectivity index (χ1v) is 9.28. The van der Waals surface area contributed by atoms with Gasteiger partial charge in [-0.1, -0.05) is 0 Å². The molecule has 1 amide bonds. The Hall–Kier alpha value is -0.910. The van der Waals surface area contributed by atoms with Gasteiger partial charge in [0.05, 0.1) is 6.10 Å². The number of nitrogens with zero attached hydrogens (tertiary/aromatic N) is 1. The standard InChI is InChI=1S/C17H26N2O2S/c1-13(19-8-6-16-14(12-19)7-10-22-16)11-18-17(20)5-4-15-3-2-9-21-15/h7,10,13,15H,2-6,8-9,11-12H2,1H3,(H,18,20)/t13-,15-/m0/s1. The lowest BCUT2D eigenvalue weighted by atomic mass is 10.1. The van der Waals surface area contributed by atoms with Crippen molar-refractivity contribution in [2.75, 3.05) is 19.7 Å². The van der Waals surface area contributed by atoms with Crippen LogP contribution in [0, 0.1) is 0 Å². The van der Waals surface area contributed by atoms with Gasteiger partial charge < -0.3 is 10.1 Å². The Labute approximate surface area is 136 Å². The van der Waals surface area contributed by atoms with Crippen molar-refractivity contribution in [1.82, 2.24) is 10.2 Å². The zero-order valence-electron chi connectivity index (χ0n) is 13.3. The molecule has 0 unspecified atom stereocenters. The Morgan fingerprint density at radius 1 is 1.59 bits per heavy atom. The topological polar surface area (TPSA) is 41.6 Å². The predicted octanol–water partition coefficient (Wildman–Crippen LogP) is 2.57. The van der Waals surface area contributed by atoms with Crippen LogP contribution in [0.25, 0.3) is 0 Å². The minimum Gasteiger partial charge on any atom is -0.378 e. The number of ether oxygens (including phenoxy) is 1. The first-order valence-electron chi connectivity index (χ1n) is 8.40. The van der Waals surface area contributed by atoms with Crippen LogP contribution < -0.4 is 5.32 Å². The van der Waals surface area contributed by atoms with Crippen molar-refractivity contribution < 1.29 is 9.53 Å². The molecule has 1 aromatic rings. The van der Waals surface area contributed by atoms with E-state index in [2.05, 4.69) is 28.6 Å². The van der Waals surface area contributed by atoms with E-state index in [1.54, 1.807) is 0 Å². The normalized spacial score (nSPS) is 23.2. The lowest BCUT2D eigenvalue weighted by molar-refractivity contribution is -0.121. The van der Waals surface area contributed by atoms with Gasteiger partial charge in [0.2, 0.25) is 5.91 Å². The Balaban J connectivity index is 1.37.